The Morgan fingerprint density at radius 3 is 2.70 bits per heavy atom. The standard InChI is InChI=1S/C13H18N2O2S3/c1-15(9-6-7-20(16,17)8-9)10-4-3-5-11(19-2)12(10)13(14)18/h3-5,9H,6-8H2,1-2H3,(H2,14,18). The van der Waals surface area contributed by atoms with Gasteiger partial charge in [0, 0.05) is 29.2 Å². The van der Waals surface area contributed by atoms with Crippen molar-refractivity contribution in [3.05, 3.63) is 23.8 Å². The van der Waals surface area contributed by atoms with Crippen molar-refractivity contribution < 1.29 is 8.42 Å². The summed E-state index contributed by atoms with van der Waals surface area (Å²) in [4.78, 5) is 3.36. The molecule has 1 fully saturated rings. The first-order valence-corrected chi connectivity index (χ1v) is 9.71. The molecule has 1 saturated heterocycles. The van der Waals surface area contributed by atoms with Crippen LogP contribution in [-0.2, 0) is 9.84 Å². The molecule has 0 aliphatic carbocycles. The lowest BCUT2D eigenvalue weighted by Crippen LogP contribution is -2.34. The number of rotatable bonds is 4. The van der Waals surface area contributed by atoms with Crippen LogP contribution in [0.3, 0.4) is 0 Å². The number of sulfone groups is 1. The number of thioether (sulfide) groups is 1. The van der Waals surface area contributed by atoms with Crippen molar-refractivity contribution >= 4 is 44.5 Å². The third kappa shape index (κ3) is 3.10. The monoisotopic (exact) mass is 330 g/mol. The predicted molar refractivity (Wildman–Crippen MR) is 89.6 cm³/mol. The zero-order valence-corrected chi connectivity index (χ0v) is 13.9. The molecule has 0 saturated carbocycles. The quantitative estimate of drug-likeness (QED) is 0.669. The van der Waals surface area contributed by atoms with E-state index in [2.05, 4.69) is 0 Å². The van der Waals surface area contributed by atoms with Gasteiger partial charge in [0.25, 0.3) is 0 Å². The van der Waals surface area contributed by atoms with Crippen LogP contribution >= 0.6 is 24.0 Å². The number of nitrogens with zero attached hydrogens (tertiary/aromatic N) is 1. The Labute approximate surface area is 129 Å². The van der Waals surface area contributed by atoms with E-state index >= 15 is 0 Å². The summed E-state index contributed by atoms with van der Waals surface area (Å²) in [7, 11) is -0.999. The molecule has 20 heavy (non-hydrogen) atoms. The Bertz CT molecular complexity index is 629. The number of hydrogen-bond acceptors (Lipinski definition) is 5. The van der Waals surface area contributed by atoms with Crippen molar-refractivity contribution in [2.24, 2.45) is 5.73 Å². The van der Waals surface area contributed by atoms with Crippen molar-refractivity contribution in [2.75, 3.05) is 29.7 Å². The highest BCUT2D eigenvalue weighted by Gasteiger charge is 2.32. The second-order valence-corrected chi connectivity index (χ2v) is 8.40. The minimum atomic E-state index is -2.91. The third-order valence-electron chi connectivity index (χ3n) is 3.61. The lowest BCUT2D eigenvalue weighted by atomic mass is 10.1. The molecule has 1 heterocycles. The molecule has 2 N–H and O–H groups in total. The molecule has 0 radical (unpaired) electrons. The smallest absolute Gasteiger partial charge is 0.152 e. The number of nitrogens with two attached hydrogens (primary N) is 1. The zero-order chi connectivity index (χ0) is 14.9. The Hall–Kier alpha value is -0.790. The second-order valence-electron chi connectivity index (χ2n) is 4.89. The largest absolute Gasteiger partial charge is 0.389 e. The van der Waals surface area contributed by atoms with Gasteiger partial charge in [0.05, 0.1) is 11.5 Å². The first-order valence-electron chi connectivity index (χ1n) is 6.26. The van der Waals surface area contributed by atoms with Gasteiger partial charge in [-0.15, -0.1) is 11.8 Å². The molecule has 1 atom stereocenters. The van der Waals surface area contributed by atoms with Crippen LogP contribution in [0.4, 0.5) is 5.69 Å². The van der Waals surface area contributed by atoms with Crippen LogP contribution in [0.5, 0.6) is 0 Å². The summed E-state index contributed by atoms with van der Waals surface area (Å²) in [5.74, 6) is 0.455. The minimum absolute atomic E-state index is 0.00907. The first-order chi connectivity index (χ1) is 9.35. The molecule has 7 heteroatoms. The molecular weight excluding hydrogens is 312 g/mol. The summed E-state index contributed by atoms with van der Waals surface area (Å²) in [6, 6.07) is 5.86. The van der Waals surface area contributed by atoms with Crippen LogP contribution < -0.4 is 10.6 Å². The van der Waals surface area contributed by atoms with Gasteiger partial charge in [-0.05, 0) is 24.8 Å². The summed E-state index contributed by atoms with van der Waals surface area (Å²) in [5.41, 5.74) is 7.60. The molecule has 1 unspecified atom stereocenters. The Kier molecular flexibility index (Phi) is 4.61. The summed E-state index contributed by atoms with van der Waals surface area (Å²) in [6.07, 6.45) is 2.63. The van der Waals surface area contributed by atoms with Gasteiger partial charge >= 0.3 is 0 Å². The molecule has 0 spiro atoms. The van der Waals surface area contributed by atoms with E-state index in [1.165, 1.54) is 0 Å². The van der Waals surface area contributed by atoms with Crippen molar-refractivity contribution in [1.29, 1.82) is 0 Å². The van der Waals surface area contributed by atoms with E-state index < -0.39 is 9.84 Å². The molecule has 0 amide bonds. The van der Waals surface area contributed by atoms with Gasteiger partial charge in [0.2, 0.25) is 0 Å². The van der Waals surface area contributed by atoms with Gasteiger partial charge in [-0.1, -0.05) is 18.3 Å². The molecular formula is C13H18N2O2S3. The summed E-state index contributed by atoms with van der Waals surface area (Å²) in [6.45, 7) is 0. The summed E-state index contributed by atoms with van der Waals surface area (Å²) < 4.78 is 23.3. The maximum atomic E-state index is 11.6. The van der Waals surface area contributed by atoms with Gasteiger partial charge in [0.15, 0.2) is 9.84 Å². The van der Waals surface area contributed by atoms with E-state index in [9.17, 15) is 8.42 Å². The van der Waals surface area contributed by atoms with E-state index in [1.807, 2.05) is 36.4 Å². The molecule has 1 aliphatic heterocycles. The summed E-state index contributed by atoms with van der Waals surface area (Å²) in [5, 5.41) is 0. The minimum Gasteiger partial charge on any atom is -0.389 e. The van der Waals surface area contributed by atoms with Crippen LogP contribution in [0.25, 0.3) is 0 Å². The van der Waals surface area contributed by atoms with Gasteiger partial charge < -0.3 is 10.6 Å². The maximum absolute atomic E-state index is 11.6. The molecule has 110 valence electrons. The molecule has 1 aromatic rings. The summed E-state index contributed by atoms with van der Waals surface area (Å²) >= 11 is 6.75. The van der Waals surface area contributed by atoms with Gasteiger partial charge in [-0.3, -0.25) is 0 Å². The topological polar surface area (TPSA) is 63.4 Å². The molecule has 4 nitrogen and oxygen atoms in total. The van der Waals surface area contributed by atoms with Crippen LogP contribution in [0.2, 0.25) is 0 Å². The highest BCUT2D eigenvalue weighted by molar-refractivity contribution is 7.98. The number of hydrogen-bond donors (Lipinski definition) is 1. The lowest BCUT2D eigenvalue weighted by molar-refractivity contribution is 0.601. The molecule has 1 aromatic carbocycles. The Morgan fingerprint density at radius 2 is 2.20 bits per heavy atom. The van der Waals surface area contributed by atoms with Crippen LogP contribution in [0.15, 0.2) is 23.1 Å². The molecule has 0 bridgehead atoms. The van der Waals surface area contributed by atoms with Gasteiger partial charge in [-0.25, -0.2) is 8.42 Å². The van der Waals surface area contributed by atoms with E-state index in [0.717, 1.165) is 16.1 Å². The molecule has 2 rings (SSSR count). The van der Waals surface area contributed by atoms with E-state index in [1.54, 1.807) is 11.8 Å². The van der Waals surface area contributed by atoms with Crippen LogP contribution in [-0.4, -0.2) is 44.3 Å². The number of anilines is 1. The average Bonchev–Trinajstić information content (AvgIpc) is 2.77. The maximum Gasteiger partial charge on any atom is 0.152 e. The van der Waals surface area contributed by atoms with Crippen molar-refractivity contribution in [3.8, 4) is 0 Å². The fourth-order valence-corrected chi connectivity index (χ4v) is 5.20. The highest BCUT2D eigenvalue weighted by atomic mass is 32.2. The zero-order valence-electron chi connectivity index (χ0n) is 11.5. The molecule has 1 aliphatic rings. The number of benzene rings is 1. The van der Waals surface area contributed by atoms with Crippen molar-refractivity contribution in [2.45, 2.75) is 17.4 Å². The SMILES string of the molecule is CSc1cccc(N(C)C2CCS(=O)(=O)C2)c1C(N)=S. The van der Waals surface area contributed by atoms with Crippen molar-refractivity contribution in [1.82, 2.24) is 0 Å². The van der Waals surface area contributed by atoms with Gasteiger partial charge in [0.1, 0.15) is 4.99 Å². The van der Waals surface area contributed by atoms with Crippen LogP contribution in [0, 0.1) is 0 Å². The van der Waals surface area contributed by atoms with Crippen molar-refractivity contribution in [3.63, 3.8) is 0 Å². The van der Waals surface area contributed by atoms with Crippen LogP contribution in [0.1, 0.15) is 12.0 Å². The molecule has 0 aromatic heterocycles. The third-order valence-corrected chi connectivity index (χ3v) is 6.34. The fraction of sp³-hybridized carbons (Fsp3) is 0.462. The number of thiocarbonyl (C=S) groups is 1. The van der Waals surface area contributed by atoms with Gasteiger partial charge in [-0.2, -0.15) is 0 Å². The Morgan fingerprint density at radius 1 is 1.50 bits per heavy atom. The van der Waals surface area contributed by atoms with E-state index in [0.29, 0.717) is 11.4 Å². The van der Waals surface area contributed by atoms with E-state index in [-0.39, 0.29) is 17.5 Å². The lowest BCUT2D eigenvalue weighted by Gasteiger charge is -2.28. The highest BCUT2D eigenvalue weighted by Crippen LogP contribution is 2.32. The van der Waals surface area contributed by atoms with E-state index in [4.69, 9.17) is 18.0 Å². The normalized spacial score (nSPS) is 20.8. The predicted octanol–water partition coefficient (Wildman–Crippen LogP) is 1.67. The first kappa shape index (κ1) is 15.6. The second kappa shape index (κ2) is 5.91. The Balaban J connectivity index is 2.40. The fourth-order valence-electron chi connectivity index (χ4n) is 2.51. The average molecular weight is 331 g/mol.